The van der Waals surface area contributed by atoms with Gasteiger partial charge < -0.3 is 14.9 Å². The highest BCUT2D eigenvalue weighted by atomic mass is 16.5. The molecular formula is C28H33NO4. The molecule has 0 radical (unpaired) electrons. The summed E-state index contributed by atoms with van der Waals surface area (Å²) in [5.41, 5.74) is 9.90. The maximum absolute atomic E-state index is 10.9. The number of aliphatic carboxylic acids is 1. The van der Waals surface area contributed by atoms with Gasteiger partial charge in [-0.1, -0.05) is 25.1 Å². The highest BCUT2D eigenvalue weighted by Gasteiger charge is 2.52. The molecule has 0 spiro atoms. The van der Waals surface area contributed by atoms with Crippen LogP contribution < -0.4 is 10.5 Å². The molecule has 2 aromatic carbocycles. The number of rotatable bonds is 7. The van der Waals surface area contributed by atoms with E-state index in [4.69, 9.17) is 15.6 Å². The number of hydrogen-bond donors (Lipinski definition) is 3. The number of carboxylic acid groups (broad SMARTS) is 1. The Bertz CT molecular complexity index is 1050. The van der Waals surface area contributed by atoms with Crippen LogP contribution in [0.2, 0.25) is 0 Å². The Hall–Kier alpha value is -2.79. The summed E-state index contributed by atoms with van der Waals surface area (Å²) in [5, 5.41) is 19.9. The molecule has 6 rings (SSSR count). The first-order chi connectivity index (χ1) is 15.8. The third kappa shape index (κ3) is 4.26. The number of aromatic hydroxyl groups is 1. The zero-order valence-electron chi connectivity index (χ0n) is 19.2. The Balaban J connectivity index is 1.55. The van der Waals surface area contributed by atoms with Gasteiger partial charge in [0.2, 0.25) is 0 Å². The summed E-state index contributed by atoms with van der Waals surface area (Å²) in [5.74, 6) is 2.40. The van der Waals surface area contributed by atoms with Crippen LogP contribution >= 0.6 is 0 Å². The summed E-state index contributed by atoms with van der Waals surface area (Å²) in [4.78, 5) is 10.9. The SMILES string of the molecule is CCC(N)Oc1cc(/C=C/C(=O)O)ccc1-c1ccc(O)c(C23CC4CC(CC(C4)C2)C3)c1. The number of benzene rings is 2. The molecule has 5 heteroatoms. The number of phenols is 1. The van der Waals surface area contributed by atoms with Crippen molar-refractivity contribution < 1.29 is 19.7 Å². The molecule has 174 valence electrons. The van der Waals surface area contributed by atoms with Crippen LogP contribution in [0.1, 0.15) is 63.0 Å². The number of carbonyl (C=O) groups is 1. The van der Waals surface area contributed by atoms with Gasteiger partial charge >= 0.3 is 5.97 Å². The van der Waals surface area contributed by atoms with Crippen LogP contribution in [-0.2, 0) is 10.2 Å². The fraction of sp³-hybridized carbons (Fsp3) is 0.464. The molecule has 0 aromatic heterocycles. The zero-order valence-corrected chi connectivity index (χ0v) is 19.2. The summed E-state index contributed by atoms with van der Waals surface area (Å²) in [6.07, 6.45) is 10.5. The normalized spacial score (nSPS) is 28.8. The van der Waals surface area contributed by atoms with E-state index in [1.165, 1.54) is 38.5 Å². The molecular weight excluding hydrogens is 414 g/mol. The van der Waals surface area contributed by atoms with Crippen LogP contribution in [0, 0.1) is 17.8 Å². The average Bonchev–Trinajstić information content (AvgIpc) is 2.77. The average molecular weight is 448 g/mol. The van der Waals surface area contributed by atoms with E-state index in [2.05, 4.69) is 6.07 Å². The van der Waals surface area contributed by atoms with Gasteiger partial charge in [0.15, 0.2) is 0 Å². The maximum Gasteiger partial charge on any atom is 0.328 e. The standard InChI is InChI=1S/C28H33NO4/c1-2-26(29)33-25-12-17(4-8-27(31)32)3-6-22(25)21-5-7-24(30)23(13-21)28-14-18-9-19(15-28)11-20(10-18)16-28/h3-8,12-13,18-20,26,30H,2,9-11,14-16,29H2,1H3,(H,31,32)/b8-4+. The van der Waals surface area contributed by atoms with Gasteiger partial charge in [0.05, 0.1) is 0 Å². The number of phenolic OH excluding ortho intramolecular Hbond substituents is 1. The summed E-state index contributed by atoms with van der Waals surface area (Å²) < 4.78 is 6.05. The van der Waals surface area contributed by atoms with Gasteiger partial charge in [-0.2, -0.15) is 0 Å². The van der Waals surface area contributed by atoms with E-state index in [1.807, 2.05) is 37.3 Å². The van der Waals surface area contributed by atoms with Crippen LogP contribution in [0.15, 0.2) is 42.5 Å². The van der Waals surface area contributed by atoms with Crippen molar-refractivity contribution in [2.75, 3.05) is 0 Å². The number of nitrogens with two attached hydrogens (primary N) is 1. The Morgan fingerprint density at radius 3 is 2.39 bits per heavy atom. The lowest BCUT2D eigenvalue weighted by Gasteiger charge is -2.57. The van der Waals surface area contributed by atoms with E-state index >= 15 is 0 Å². The van der Waals surface area contributed by atoms with Crippen LogP contribution in [0.5, 0.6) is 11.5 Å². The van der Waals surface area contributed by atoms with E-state index in [1.54, 1.807) is 6.08 Å². The van der Waals surface area contributed by atoms with Crippen molar-refractivity contribution in [3.8, 4) is 22.6 Å². The van der Waals surface area contributed by atoms with Crippen LogP contribution in [0.25, 0.3) is 17.2 Å². The van der Waals surface area contributed by atoms with Crippen LogP contribution in [-0.4, -0.2) is 22.4 Å². The molecule has 5 nitrogen and oxygen atoms in total. The molecule has 0 amide bonds. The van der Waals surface area contributed by atoms with E-state index < -0.39 is 12.2 Å². The smallest absolute Gasteiger partial charge is 0.328 e. The highest BCUT2D eigenvalue weighted by Crippen LogP contribution is 2.62. The molecule has 4 N–H and O–H groups in total. The summed E-state index contributed by atoms with van der Waals surface area (Å²) >= 11 is 0. The van der Waals surface area contributed by atoms with Gasteiger partial charge in [0, 0.05) is 17.2 Å². The Morgan fingerprint density at radius 2 is 1.79 bits per heavy atom. The van der Waals surface area contributed by atoms with Crippen LogP contribution in [0.3, 0.4) is 0 Å². The van der Waals surface area contributed by atoms with E-state index in [9.17, 15) is 9.90 Å². The molecule has 1 atom stereocenters. The van der Waals surface area contributed by atoms with Crippen molar-refractivity contribution in [2.45, 2.75) is 63.5 Å². The lowest BCUT2D eigenvalue weighted by atomic mass is 9.48. The summed E-state index contributed by atoms with van der Waals surface area (Å²) in [6.45, 7) is 1.96. The molecule has 0 aliphatic heterocycles. The van der Waals surface area contributed by atoms with Crippen molar-refractivity contribution in [3.05, 3.63) is 53.6 Å². The number of hydrogen-bond acceptors (Lipinski definition) is 4. The Kier molecular flexibility index (Phi) is 5.69. The number of ether oxygens (including phenoxy) is 1. The zero-order chi connectivity index (χ0) is 23.2. The molecule has 33 heavy (non-hydrogen) atoms. The van der Waals surface area contributed by atoms with E-state index in [-0.39, 0.29) is 5.41 Å². The largest absolute Gasteiger partial charge is 0.508 e. The third-order valence-electron chi connectivity index (χ3n) is 8.02. The lowest BCUT2D eigenvalue weighted by molar-refractivity contribution is -0.131. The number of carboxylic acids is 1. The van der Waals surface area contributed by atoms with Crippen molar-refractivity contribution in [3.63, 3.8) is 0 Å². The van der Waals surface area contributed by atoms with Gasteiger partial charge in [-0.15, -0.1) is 0 Å². The Labute approximate surface area is 195 Å². The summed E-state index contributed by atoms with van der Waals surface area (Å²) in [6, 6.07) is 11.6. The summed E-state index contributed by atoms with van der Waals surface area (Å²) in [7, 11) is 0. The topological polar surface area (TPSA) is 92.8 Å². The molecule has 4 fully saturated rings. The first-order valence-corrected chi connectivity index (χ1v) is 12.2. The molecule has 1 unspecified atom stereocenters. The molecule has 4 bridgehead atoms. The minimum absolute atomic E-state index is 0.0832. The lowest BCUT2D eigenvalue weighted by Crippen LogP contribution is -2.48. The minimum atomic E-state index is -0.995. The van der Waals surface area contributed by atoms with Gasteiger partial charge in [-0.25, -0.2) is 4.79 Å². The predicted octanol–water partition coefficient (Wildman–Crippen LogP) is 5.70. The molecule has 2 aromatic rings. The first-order valence-electron chi connectivity index (χ1n) is 12.2. The van der Waals surface area contributed by atoms with Gasteiger partial charge in [-0.05, 0) is 104 Å². The maximum atomic E-state index is 10.9. The van der Waals surface area contributed by atoms with Crippen LogP contribution in [0.4, 0.5) is 0 Å². The van der Waals surface area contributed by atoms with E-state index in [0.717, 1.165) is 46.1 Å². The quantitative estimate of drug-likeness (QED) is 0.374. The molecule has 0 heterocycles. The van der Waals surface area contributed by atoms with E-state index in [0.29, 0.717) is 17.9 Å². The second-order valence-electron chi connectivity index (χ2n) is 10.4. The Morgan fingerprint density at radius 1 is 1.12 bits per heavy atom. The van der Waals surface area contributed by atoms with Gasteiger partial charge in [0.25, 0.3) is 0 Å². The van der Waals surface area contributed by atoms with Crippen molar-refractivity contribution in [1.82, 2.24) is 0 Å². The third-order valence-corrected chi connectivity index (χ3v) is 8.02. The van der Waals surface area contributed by atoms with Gasteiger partial charge in [-0.3, -0.25) is 5.73 Å². The second-order valence-corrected chi connectivity index (χ2v) is 10.4. The fourth-order valence-electron chi connectivity index (χ4n) is 6.96. The van der Waals surface area contributed by atoms with Crippen molar-refractivity contribution in [1.29, 1.82) is 0 Å². The second kappa shape index (κ2) is 8.53. The molecule has 4 aliphatic carbocycles. The monoisotopic (exact) mass is 447 g/mol. The minimum Gasteiger partial charge on any atom is -0.508 e. The molecule has 4 saturated carbocycles. The predicted molar refractivity (Wildman–Crippen MR) is 129 cm³/mol. The molecule has 0 saturated heterocycles. The molecule has 4 aliphatic rings. The first kappa shape index (κ1) is 22.0. The fourth-order valence-corrected chi connectivity index (χ4v) is 6.96. The van der Waals surface area contributed by atoms with Crippen molar-refractivity contribution in [2.24, 2.45) is 23.5 Å². The van der Waals surface area contributed by atoms with Crippen molar-refractivity contribution >= 4 is 12.0 Å². The highest BCUT2D eigenvalue weighted by molar-refractivity contribution is 5.86. The van der Waals surface area contributed by atoms with Gasteiger partial charge in [0.1, 0.15) is 17.7 Å².